The maximum atomic E-state index is 12.6. The first-order valence-electron chi connectivity index (χ1n) is 8.90. The lowest BCUT2D eigenvalue weighted by Crippen LogP contribution is -2.29. The summed E-state index contributed by atoms with van der Waals surface area (Å²) in [6, 6.07) is 7.26. The molecule has 174 valence electrons. The van der Waals surface area contributed by atoms with Gasteiger partial charge in [-0.2, -0.15) is 43.2 Å². The zero-order valence-electron chi connectivity index (χ0n) is 15.6. The van der Waals surface area contributed by atoms with Gasteiger partial charge in [-0.1, -0.05) is 12.1 Å². The molecule has 2 aromatic rings. The summed E-state index contributed by atoms with van der Waals surface area (Å²) in [6.07, 6.45) is 1.09. The minimum atomic E-state index is -5.85. The average molecular weight is 502 g/mol. The van der Waals surface area contributed by atoms with Crippen molar-refractivity contribution in [2.75, 3.05) is 0 Å². The zero-order chi connectivity index (χ0) is 23.7. The Morgan fingerprint density at radius 3 is 1.28 bits per heavy atom. The third kappa shape index (κ3) is 3.68. The van der Waals surface area contributed by atoms with E-state index in [0.717, 1.165) is 12.1 Å². The van der Waals surface area contributed by atoms with Gasteiger partial charge in [0.25, 0.3) is 0 Å². The van der Waals surface area contributed by atoms with Crippen molar-refractivity contribution in [1.82, 2.24) is 0 Å². The highest BCUT2D eigenvalue weighted by Gasteiger charge is 2.50. The summed E-state index contributed by atoms with van der Waals surface area (Å²) in [5, 5.41) is 0. The number of benzene rings is 2. The first kappa shape index (κ1) is 22.7. The van der Waals surface area contributed by atoms with Crippen LogP contribution in [0.2, 0.25) is 0 Å². The van der Waals surface area contributed by atoms with E-state index in [1.165, 1.54) is 24.3 Å². The maximum absolute atomic E-state index is 12.6. The number of rotatable bonds is 4. The molecule has 2 unspecified atom stereocenters. The van der Waals surface area contributed by atoms with Crippen molar-refractivity contribution in [2.45, 2.75) is 35.7 Å². The standard InChI is InChI=1S/C18H12F6O6S2/c19-17(20,21)31(25,26)29-9-1-3-11-13-5-6-14(15(11)7-9)12-4-2-10(8-16(12)13)30-32(27,28)18(22,23)24/h1-4,7-8,13-14H,5-6H2. The molecule has 2 aromatic carbocycles. The van der Waals surface area contributed by atoms with E-state index in [-0.39, 0.29) is 0 Å². The second-order valence-electron chi connectivity index (χ2n) is 7.23. The number of halogens is 6. The Morgan fingerprint density at radius 2 is 0.969 bits per heavy atom. The van der Waals surface area contributed by atoms with Crippen LogP contribution in [0.25, 0.3) is 0 Å². The second kappa shape index (κ2) is 7.01. The van der Waals surface area contributed by atoms with Crippen LogP contribution in [0.15, 0.2) is 36.4 Å². The largest absolute Gasteiger partial charge is 0.534 e. The fourth-order valence-electron chi connectivity index (χ4n) is 4.09. The molecule has 0 N–H and O–H groups in total. The smallest absolute Gasteiger partial charge is 0.376 e. The normalized spacial score (nSPS) is 20.4. The van der Waals surface area contributed by atoms with Gasteiger partial charge in [-0.15, -0.1) is 0 Å². The van der Waals surface area contributed by atoms with Crippen LogP contribution >= 0.6 is 0 Å². The van der Waals surface area contributed by atoms with Crippen molar-refractivity contribution >= 4 is 20.2 Å². The molecule has 0 saturated heterocycles. The lowest BCUT2D eigenvalue weighted by molar-refractivity contribution is -0.0504. The molecule has 14 heteroatoms. The summed E-state index contributed by atoms with van der Waals surface area (Å²) < 4.78 is 129. The number of hydrogen-bond donors (Lipinski definition) is 0. The Morgan fingerprint density at radius 1 is 0.625 bits per heavy atom. The SMILES string of the molecule is O=S(=O)(Oc1ccc2c(c1)C1CCC2c2cc(OS(=O)(=O)C(F)(F)F)ccc21)C(F)(F)F. The molecular weight excluding hydrogens is 490 g/mol. The molecule has 2 atom stereocenters. The lowest BCUT2D eigenvalue weighted by Gasteiger charge is -2.40. The van der Waals surface area contributed by atoms with E-state index in [9.17, 15) is 43.2 Å². The minimum Gasteiger partial charge on any atom is -0.376 e. The third-order valence-electron chi connectivity index (χ3n) is 5.34. The Balaban J connectivity index is 1.69. The molecule has 5 rings (SSSR count). The highest BCUT2D eigenvalue weighted by Crippen LogP contribution is 2.54. The summed E-state index contributed by atoms with van der Waals surface area (Å²) >= 11 is 0. The van der Waals surface area contributed by atoms with Crippen LogP contribution in [0, 0.1) is 0 Å². The van der Waals surface area contributed by atoms with Crippen LogP contribution in [0.3, 0.4) is 0 Å². The lowest BCUT2D eigenvalue weighted by atomic mass is 9.64. The van der Waals surface area contributed by atoms with Gasteiger partial charge in [0.05, 0.1) is 0 Å². The summed E-state index contributed by atoms with van der Waals surface area (Å²) in [5.74, 6) is -1.83. The van der Waals surface area contributed by atoms with E-state index in [2.05, 4.69) is 8.37 Å². The van der Waals surface area contributed by atoms with E-state index in [1.807, 2.05) is 0 Å². The van der Waals surface area contributed by atoms with Gasteiger partial charge in [0.15, 0.2) is 0 Å². The number of alkyl halides is 6. The van der Waals surface area contributed by atoms with E-state index in [1.54, 1.807) is 0 Å². The van der Waals surface area contributed by atoms with Crippen LogP contribution in [0.1, 0.15) is 46.9 Å². The highest BCUT2D eigenvalue weighted by molar-refractivity contribution is 7.88. The molecule has 3 aliphatic carbocycles. The summed E-state index contributed by atoms with van der Waals surface area (Å²) in [6.45, 7) is 0. The molecule has 0 aliphatic heterocycles. The van der Waals surface area contributed by atoms with Crippen molar-refractivity contribution in [3.05, 3.63) is 58.7 Å². The Labute approximate surface area is 178 Å². The van der Waals surface area contributed by atoms with E-state index in [4.69, 9.17) is 0 Å². The van der Waals surface area contributed by atoms with Crippen molar-refractivity contribution in [3.63, 3.8) is 0 Å². The van der Waals surface area contributed by atoms with Gasteiger partial charge in [-0.25, -0.2) is 0 Å². The molecule has 0 heterocycles. The molecule has 32 heavy (non-hydrogen) atoms. The van der Waals surface area contributed by atoms with Crippen molar-refractivity contribution in [3.8, 4) is 11.5 Å². The summed E-state index contributed by atoms with van der Waals surface area (Å²) in [4.78, 5) is 0. The Bertz CT molecular complexity index is 1200. The zero-order valence-corrected chi connectivity index (χ0v) is 17.2. The van der Waals surface area contributed by atoms with Gasteiger partial charge < -0.3 is 8.37 Å². The van der Waals surface area contributed by atoms with Gasteiger partial charge in [-0.3, -0.25) is 0 Å². The third-order valence-corrected chi connectivity index (χ3v) is 7.30. The first-order chi connectivity index (χ1) is 14.6. The Hall–Kier alpha value is -2.48. The minimum absolute atomic E-state index is 0.393. The maximum Gasteiger partial charge on any atom is 0.534 e. The summed E-state index contributed by atoms with van der Waals surface area (Å²) in [5.41, 5.74) is -8.88. The fraction of sp³-hybridized carbons (Fsp3) is 0.333. The Kier molecular flexibility index (Phi) is 4.97. The van der Waals surface area contributed by atoms with E-state index in [0.29, 0.717) is 35.1 Å². The van der Waals surface area contributed by atoms with Crippen molar-refractivity contribution in [1.29, 1.82) is 0 Å². The molecule has 6 nitrogen and oxygen atoms in total. The van der Waals surface area contributed by atoms with Crippen LogP contribution in [-0.4, -0.2) is 27.9 Å². The van der Waals surface area contributed by atoms with E-state index < -0.39 is 54.6 Å². The van der Waals surface area contributed by atoms with Crippen molar-refractivity contribution in [2.24, 2.45) is 0 Å². The predicted molar refractivity (Wildman–Crippen MR) is 97.0 cm³/mol. The summed E-state index contributed by atoms with van der Waals surface area (Å²) in [7, 11) is -11.7. The van der Waals surface area contributed by atoms with Gasteiger partial charge in [-0.05, 0) is 59.4 Å². The van der Waals surface area contributed by atoms with Gasteiger partial charge in [0.1, 0.15) is 11.5 Å². The second-order valence-corrected chi connectivity index (χ2v) is 10.3. The molecule has 0 spiro atoms. The van der Waals surface area contributed by atoms with Crippen LogP contribution in [-0.2, 0) is 20.2 Å². The van der Waals surface area contributed by atoms with Gasteiger partial charge >= 0.3 is 31.3 Å². The first-order valence-corrected chi connectivity index (χ1v) is 11.7. The van der Waals surface area contributed by atoms with Crippen LogP contribution in [0.4, 0.5) is 26.3 Å². The quantitative estimate of drug-likeness (QED) is 0.347. The molecule has 0 fully saturated rings. The van der Waals surface area contributed by atoms with Gasteiger partial charge in [0, 0.05) is 11.8 Å². The highest BCUT2D eigenvalue weighted by atomic mass is 32.2. The molecule has 2 bridgehead atoms. The van der Waals surface area contributed by atoms with Crippen molar-refractivity contribution < 1.29 is 51.5 Å². The molecule has 0 amide bonds. The average Bonchev–Trinajstić information content (AvgIpc) is 2.65. The van der Waals surface area contributed by atoms with Crippen LogP contribution < -0.4 is 8.37 Å². The molecule has 0 aromatic heterocycles. The number of hydrogen-bond acceptors (Lipinski definition) is 6. The predicted octanol–water partition coefficient (Wildman–Crippen LogP) is 4.51. The molecule has 0 saturated carbocycles. The molecular formula is C18H12F6O6S2. The monoisotopic (exact) mass is 502 g/mol. The van der Waals surface area contributed by atoms with E-state index >= 15 is 0 Å². The topological polar surface area (TPSA) is 86.7 Å². The van der Waals surface area contributed by atoms with Crippen LogP contribution in [0.5, 0.6) is 11.5 Å². The fourth-order valence-corrected chi connectivity index (χ4v) is 4.99. The van der Waals surface area contributed by atoms with Gasteiger partial charge in [0.2, 0.25) is 0 Å². The number of fused-ring (bicyclic) bond motifs is 1. The molecule has 3 aliphatic rings. The molecule has 0 radical (unpaired) electrons.